The number of piperidine rings is 1. The molecule has 230 valence electrons. The number of carbonyl (C=O) groups is 3. The molecular weight excluding hydrogens is 552 g/mol. The highest BCUT2D eigenvalue weighted by molar-refractivity contribution is 5.94. The van der Waals surface area contributed by atoms with Crippen molar-refractivity contribution in [1.29, 1.82) is 0 Å². The van der Waals surface area contributed by atoms with E-state index in [0.717, 1.165) is 56.6 Å². The van der Waals surface area contributed by atoms with E-state index in [-0.39, 0.29) is 17.2 Å². The molecule has 8 heteroatoms. The second-order valence-corrected chi connectivity index (χ2v) is 12.7. The molecule has 3 aromatic carbocycles. The van der Waals surface area contributed by atoms with Crippen LogP contribution in [-0.2, 0) is 20.4 Å². The van der Waals surface area contributed by atoms with E-state index >= 15 is 0 Å². The Morgan fingerprint density at radius 1 is 0.773 bits per heavy atom. The van der Waals surface area contributed by atoms with Crippen molar-refractivity contribution < 1.29 is 19.5 Å². The normalized spacial score (nSPS) is 23.8. The lowest BCUT2D eigenvalue weighted by Gasteiger charge is -2.43. The van der Waals surface area contributed by atoms with Crippen LogP contribution < -0.4 is 5.43 Å². The van der Waals surface area contributed by atoms with E-state index in [0.29, 0.717) is 32.4 Å². The summed E-state index contributed by atoms with van der Waals surface area (Å²) in [6.45, 7) is 4.38. The summed E-state index contributed by atoms with van der Waals surface area (Å²) in [6, 6.07) is 29.4. The van der Waals surface area contributed by atoms with E-state index in [1.54, 1.807) is 5.01 Å². The molecule has 2 atom stereocenters. The summed E-state index contributed by atoms with van der Waals surface area (Å²) in [5.41, 5.74) is 5.17. The third-order valence-corrected chi connectivity index (χ3v) is 10.2. The molecule has 0 aliphatic carbocycles. The smallest absolute Gasteiger partial charge is 0.322 e. The van der Waals surface area contributed by atoms with Crippen molar-refractivity contribution in [3.8, 4) is 0 Å². The molecule has 0 bridgehead atoms. The lowest BCUT2D eigenvalue weighted by atomic mass is 9.71. The van der Waals surface area contributed by atoms with Crippen LogP contribution in [0.25, 0.3) is 0 Å². The second kappa shape index (κ2) is 12.9. The number of carbonyl (C=O) groups excluding carboxylic acids is 2. The van der Waals surface area contributed by atoms with Crippen LogP contribution in [0.15, 0.2) is 91.0 Å². The standard InChI is InChI=1S/C36H42N4O4/c41-32(28-11-4-1-5-12-28)39-26-19-35(27-39,29-13-6-2-7-14-29)18-23-38-24-20-36(21-25-38,30-15-8-3-9-16-30)34(44)37-40-22-10-17-31(40)33(42)43/h1-9,11-16,31H,10,17-27H2,(H,37,44)(H,42,43). The van der Waals surface area contributed by atoms with Gasteiger partial charge in [-0.2, -0.15) is 0 Å². The minimum atomic E-state index is -0.894. The van der Waals surface area contributed by atoms with E-state index < -0.39 is 17.4 Å². The van der Waals surface area contributed by atoms with Gasteiger partial charge in [-0.3, -0.25) is 19.8 Å². The molecule has 2 amide bonds. The zero-order valence-electron chi connectivity index (χ0n) is 25.2. The van der Waals surface area contributed by atoms with Gasteiger partial charge in [-0.05, 0) is 81.4 Å². The number of amides is 2. The number of hydrazine groups is 1. The van der Waals surface area contributed by atoms with Gasteiger partial charge in [0.15, 0.2) is 0 Å². The number of nitrogens with zero attached hydrogens (tertiary/aromatic N) is 3. The highest BCUT2D eigenvalue weighted by Crippen LogP contribution is 2.40. The maximum atomic E-state index is 14.0. The van der Waals surface area contributed by atoms with E-state index in [9.17, 15) is 19.5 Å². The lowest BCUT2D eigenvalue weighted by molar-refractivity contribution is -0.145. The van der Waals surface area contributed by atoms with E-state index in [1.165, 1.54) is 5.56 Å². The summed E-state index contributed by atoms with van der Waals surface area (Å²) in [5, 5.41) is 11.3. The highest BCUT2D eigenvalue weighted by Gasteiger charge is 2.46. The monoisotopic (exact) mass is 594 g/mol. The molecular formula is C36H42N4O4. The topological polar surface area (TPSA) is 93.2 Å². The van der Waals surface area contributed by atoms with Gasteiger partial charge in [0.05, 0.1) is 5.41 Å². The van der Waals surface area contributed by atoms with E-state index in [4.69, 9.17) is 0 Å². The minimum Gasteiger partial charge on any atom is -0.480 e. The minimum absolute atomic E-state index is 0.0863. The Bertz CT molecular complexity index is 1440. The van der Waals surface area contributed by atoms with Crippen molar-refractivity contribution in [2.45, 2.75) is 55.4 Å². The number of benzene rings is 3. The van der Waals surface area contributed by atoms with Crippen molar-refractivity contribution in [3.05, 3.63) is 108 Å². The molecule has 0 aromatic heterocycles. The third-order valence-electron chi connectivity index (χ3n) is 10.2. The average molecular weight is 595 g/mol. The van der Waals surface area contributed by atoms with Gasteiger partial charge in [0.1, 0.15) is 6.04 Å². The first kappa shape index (κ1) is 30.0. The zero-order chi connectivity index (χ0) is 30.6. The van der Waals surface area contributed by atoms with Crippen molar-refractivity contribution >= 4 is 17.8 Å². The molecule has 44 heavy (non-hydrogen) atoms. The molecule has 3 fully saturated rings. The Balaban J connectivity index is 1.15. The van der Waals surface area contributed by atoms with Gasteiger partial charge >= 0.3 is 5.97 Å². The molecule has 2 N–H and O–H groups in total. The quantitative estimate of drug-likeness (QED) is 0.380. The van der Waals surface area contributed by atoms with Crippen LogP contribution in [0.4, 0.5) is 0 Å². The van der Waals surface area contributed by atoms with Crippen LogP contribution in [0.5, 0.6) is 0 Å². The van der Waals surface area contributed by atoms with Crippen LogP contribution in [0.3, 0.4) is 0 Å². The molecule has 0 radical (unpaired) electrons. The van der Waals surface area contributed by atoms with Gasteiger partial charge in [-0.1, -0.05) is 78.9 Å². The predicted molar refractivity (Wildman–Crippen MR) is 169 cm³/mol. The SMILES string of the molecule is O=C(O)C1CCCN1NC(=O)C1(c2ccccc2)CCN(CCC2(c3ccccc3)CCN(C(=O)c3ccccc3)C2)CC1. The lowest BCUT2D eigenvalue weighted by Crippen LogP contribution is -2.57. The Morgan fingerprint density at radius 3 is 2.02 bits per heavy atom. The van der Waals surface area contributed by atoms with Gasteiger partial charge in [0, 0.05) is 30.6 Å². The van der Waals surface area contributed by atoms with Crippen LogP contribution in [0.2, 0.25) is 0 Å². The molecule has 2 unspecified atom stereocenters. The largest absolute Gasteiger partial charge is 0.480 e. The summed E-state index contributed by atoms with van der Waals surface area (Å²) >= 11 is 0. The first-order valence-corrected chi connectivity index (χ1v) is 15.9. The molecule has 3 aliphatic heterocycles. The Hall–Kier alpha value is -4.01. The molecule has 8 nitrogen and oxygen atoms in total. The Kier molecular flexibility index (Phi) is 8.82. The van der Waals surface area contributed by atoms with Crippen LogP contribution >= 0.6 is 0 Å². The number of carboxylic acids is 1. The number of aliphatic carboxylic acids is 1. The van der Waals surface area contributed by atoms with Crippen LogP contribution in [0, 0.1) is 0 Å². The number of likely N-dealkylation sites (tertiary alicyclic amines) is 2. The predicted octanol–water partition coefficient (Wildman–Crippen LogP) is 4.47. The maximum Gasteiger partial charge on any atom is 0.322 e. The number of hydrogen-bond donors (Lipinski definition) is 2. The molecule has 3 aliphatic rings. The van der Waals surface area contributed by atoms with E-state index in [2.05, 4.69) is 34.6 Å². The second-order valence-electron chi connectivity index (χ2n) is 12.7. The number of rotatable bonds is 9. The molecule has 3 heterocycles. The Morgan fingerprint density at radius 2 is 1.39 bits per heavy atom. The molecule has 3 saturated heterocycles. The highest BCUT2D eigenvalue weighted by atomic mass is 16.4. The van der Waals surface area contributed by atoms with Crippen molar-refractivity contribution in [2.75, 3.05) is 39.3 Å². The summed E-state index contributed by atoms with van der Waals surface area (Å²) < 4.78 is 0. The van der Waals surface area contributed by atoms with Gasteiger partial charge in [0.25, 0.3) is 5.91 Å². The number of hydrogen-bond acceptors (Lipinski definition) is 5. The number of carboxylic acid groups (broad SMARTS) is 1. The van der Waals surface area contributed by atoms with Gasteiger partial charge < -0.3 is 14.9 Å². The first-order chi connectivity index (χ1) is 21.4. The zero-order valence-corrected chi connectivity index (χ0v) is 25.2. The number of nitrogens with one attached hydrogen (secondary N) is 1. The average Bonchev–Trinajstić information content (AvgIpc) is 3.73. The van der Waals surface area contributed by atoms with E-state index in [1.807, 2.05) is 71.6 Å². The summed E-state index contributed by atoms with van der Waals surface area (Å²) in [5.74, 6) is -0.916. The molecule has 6 rings (SSSR count). The summed E-state index contributed by atoms with van der Waals surface area (Å²) in [4.78, 5) is 43.6. The van der Waals surface area contributed by atoms with Gasteiger partial charge in [-0.15, -0.1) is 0 Å². The molecule has 3 aromatic rings. The van der Waals surface area contributed by atoms with Crippen molar-refractivity contribution in [2.24, 2.45) is 0 Å². The third kappa shape index (κ3) is 6.01. The van der Waals surface area contributed by atoms with Crippen molar-refractivity contribution in [1.82, 2.24) is 20.2 Å². The fourth-order valence-corrected chi connectivity index (χ4v) is 7.51. The summed E-state index contributed by atoms with van der Waals surface area (Å²) in [7, 11) is 0. The van der Waals surface area contributed by atoms with Gasteiger partial charge in [0.2, 0.25) is 5.91 Å². The van der Waals surface area contributed by atoms with Crippen molar-refractivity contribution in [3.63, 3.8) is 0 Å². The summed E-state index contributed by atoms with van der Waals surface area (Å²) in [6.07, 6.45) is 4.45. The molecule has 0 spiro atoms. The fourth-order valence-electron chi connectivity index (χ4n) is 7.51. The van der Waals surface area contributed by atoms with Crippen LogP contribution in [0.1, 0.15) is 60.0 Å². The van der Waals surface area contributed by atoms with Gasteiger partial charge in [-0.25, -0.2) is 5.01 Å². The Labute approximate surface area is 259 Å². The molecule has 0 saturated carbocycles. The fraction of sp³-hybridized carbons (Fsp3) is 0.417. The first-order valence-electron chi connectivity index (χ1n) is 15.9. The maximum absolute atomic E-state index is 14.0. The van der Waals surface area contributed by atoms with Crippen LogP contribution in [-0.4, -0.2) is 83.0 Å².